The van der Waals surface area contributed by atoms with Crippen molar-refractivity contribution in [3.05, 3.63) is 59.7 Å². The fourth-order valence-electron chi connectivity index (χ4n) is 3.08. The van der Waals surface area contributed by atoms with E-state index >= 15 is 0 Å². The van der Waals surface area contributed by atoms with Crippen LogP contribution in [0.4, 0.5) is 14.5 Å². The Balaban J connectivity index is 1.75. The van der Waals surface area contributed by atoms with Crippen LogP contribution in [0.3, 0.4) is 0 Å². The van der Waals surface area contributed by atoms with Gasteiger partial charge in [0.05, 0.1) is 10.8 Å². The molecule has 1 amide bonds. The Hall–Kier alpha value is -2.32. The van der Waals surface area contributed by atoms with Crippen LogP contribution in [-0.4, -0.2) is 31.7 Å². The number of rotatable bonds is 4. The van der Waals surface area contributed by atoms with Crippen molar-refractivity contribution in [2.45, 2.75) is 24.7 Å². The Morgan fingerprint density at radius 2 is 1.74 bits per heavy atom. The van der Waals surface area contributed by atoms with Crippen molar-refractivity contribution in [3.8, 4) is 0 Å². The smallest absolute Gasteiger partial charge is 0.243 e. The van der Waals surface area contributed by atoms with Crippen LogP contribution in [0.25, 0.3) is 0 Å². The van der Waals surface area contributed by atoms with Crippen LogP contribution in [-0.2, 0) is 14.8 Å². The third-order valence-corrected chi connectivity index (χ3v) is 6.50. The fourth-order valence-corrected chi connectivity index (χ4v) is 4.60. The van der Waals surface area contributed by atoms with Gasteiger partial charge in [0.15, 0.2) is 0 Å². The number of carbonyl (C=O) groups excluding carboxylic acids is 1. The molecule has 5 nitrogen and oxygen atoms in total. The predicted octanol–water partition coefficient (Wildman–Crippen LogP) is 3.31. The molecule has 1 aliphatic rings. The van der Waals surface area contributed by atoms with E-state index in [2.05, 4.69) is 5.32 Å². The molecule has 1 aliphatic heterocycles. The summed E-state index contributed by atoms with van der Waals surface area (Å²) in [6, 6.07) is 9.79. The Kier molecular flexibility index (Phi) is 5.57. The van der Waals surface area contributed by atoms with Crippen molar-refractivity contribution >= 4 is 21.6 Å². The first-order valence-corrected chi connectivity index (χ1v) is 10.0. The number of anilines is 1. The van der Waals surface area contributed by atoms with Gasteiger partial charge in [0.25, 0.3) is 0 Å². The molecule has 0 bridgehead atoms. The number of nitrogens with zero attached hydrogens (tertiary/aromatic N) is 1. The summed E-state index contributed by atoms with van der Waals surface area (Å²) in [4.78, 5) is 12.6. The van der Waals surface area contributed by atoms with Crippen molar-refractivity contribution in [2.75, 3.05) is 18.4 Å². The van der Waals surface area contributed by atoms with E-state index in [0.717, 1.165) is 17.7 Å². The average Bonchev–Trinajstić information content (AvgIpc) is 2.65. The number of sulfonamides is 1. The zero-order valence-electron chi connectivity index (χ0n) is 14.8. The van der Waals surface area contributed by atoms with Crippen LogP contribution in [0.2, 0.25) is 0 Å². The Morgan fingerprint density at radius 3 is 2.37 bits per heavy atom. The van der Waals surface area contributed by atoms with Crippen LogP contribution < -0.4 is 5.32 Å². The molecule has 0 radical (unpaired) electrons. The van der Waals surface area contributed by atoms with Gasteiger partial charge in [-0.15, -0.1) is 0 Å². The number of amides is 1. The highest BCUT2D eigenvalue weighted by molar-refractivity contribution is 7.89. The lowest BCUT2D eigenvalue weighted by Crippen LogP contribution is -2.43. The van der Waals surface area contributed by atoms with Crippen LogP contribution in [0.15, 0.2) is 47.4 Å². The molecule has 2 aromatic rings. The highest BCUT2D eigenvalue weighted by atomic mass is 32.2. The van der Waals surface area contributed by atoms with Crippen molar-refractivity contribution < 1.29 is 22.0 Å². The number of hydrogen-bond acceptors (Lipinski definition) is 3. The van der Waals surface area contributed by atoms with Gasteiger partial charge in [-0.05, 0) is 44.0 Å². The monoisotopic (exact) mass is 394 g/mol. The van der Waals surface area contributed by atoms with Gasteiger partial charge in [-0.25, -0.2) is 17.2 Å². The number of carbonyl (C=O) groups is 1. The molecule has 27 heavy (non-hydrogen) atoms. The van der Waals surface area contributed by atoms with Gasteiger partial charge in [0.1, 0.15) is 17.3 Å². The maximum atomic E-state index is 13.7. The van der Waals surface area contributed by atoms with Gasteiger partial charge >= 0.3 is 0 Å². The molecule has 2 aromatic carbocycles. The van der Waals surface area contributed by atoms with Gasteiger partial charge in [-0.3, -0.25) is 4.79 Å². The third-order valence-electron chi connectivity index (χ3n) is 4.62. The Bertz CT molecular complexity index is 926. The fraction of sp³-hybridized carbons (Fsp3) is 0.316. The molecule has 1 atom stereocenters. The van der Waals surface area contributed by atoms with Crippen molar-refractivity contribution in [1.29, 1.82) is 0 Å². The van der Waals surface area contributed by atoms with E-state index in [1.165, 1.54) is 22.5 Å². The molecule has 0 aliphatic carbocycles. The molecule has 0 saturated carbocycles. The van der Waals surface area contributed by atoms with Crippen molar-refractivity contribution in [1.82, 2.24) is 4.31 Å². The number of hydrogen-bond donors (Lipinski definition) is 1. The van der Waals surface area contributed by atoms with Crippen LogP contribution in [0.1, 0.15) is 18.4 Å². The maximum Gasteiger partial charge on any atom is 0.243 e. The van der Waals surface area contributed by atoms with Gasteiger partial charge in [-0.1, -0.05) is 23.8 Å². The summed E-state index contributed by atoms with van der Waals surface area (Å²) in [7, 11) is -3.73. The van der Waals surface area contributed by atoms with E-state index in [9.17, 15) is 22.0 Å². The first-order valence-electron chi connectivity index (χ1n) is 8.61. The molecule has 8 heteroatoms. The minimum absolute atomic E-state index is 0.0296. The second-order valence-corrected chi connectivity index (χ2v) is 8.54. The number of benzene rings is 2. The van der Waals surface area contributed by atoms with E-state index in [4.69, 9.17) is 0 Å². The zero-order chi connectivity index (χ0) is 19.6. The Morgan fingerprint density at radius 1 is 1.11 bits per heavy atom. The maximum absolute atomic E-state index is 13.7. The highest BCUT2D eigenvalue weighted by Gasteiger charge is 2.33. The van der Waals surface area contributed by atoms with Gasteiger partial charge in [-0.2, -0.15) is 4.31 Å². The molecule has 1 fully saturated rings. The third kappa shape index (κ3) is 4.17. The molecule has 1 N–H and O–H groups in total. The van der Waals surface area contributed by atoms with E-state index in [1.54, 1.807) is 12.1 Å². The molecular weight excluding hydrogens is 374 g/mol. The Labute approximate surface area is 157 Å². The second kappa shape index (κ2) is 7.74. The topological polar surface area (TPSA) is 66.5 Å². The molecular formula is C19H20F2N2O3S. The largest absolute Gasteiger partial charge is 0.321 e. The summed E-state index contributed by atoms with van der Waals surface area (Å²) < 4.78 is 54.3. The molecule has 0 unspecified atom stereocenters. The van der Waals surface area contributed by atoms with E-state index in [-0.39, 0.29) is 11.4 Å². The summed E-state index contributed by atoms with van der Waals surface area (Å²) in [5.41, 5.74) is 0.428. The van der Waals surface area contributed by atoms with E-state index in [0.29, 0.717) is 19.4 Å². The summed E-state index contributed by atoms with van der Waals surface area (Å²) in [5.74, 6) is -3.02. The summed E-state index contributed by atoms with van der Waals surface area (Å²) >= 11 is 0. The molecule has 144 valence electrons. The molecule has 1 saturated heterocycles. The second-order valence-electron chi connectivity index (χ2n) is 6.60. The van der Waals surface area contributed by atoms with Gasteiger partial charge < -0.3 is 5.32 Å². The summed E-state index contributed by atoms with van der Waals surface area (Å²) in [5, 5.41) is 2.26. The van der Waals surface area contributed by atoms with Crippen LogP contribution in [0.5, 0.6) is 0 Å². The number of nitrogens with one attached hydrogen (secondary N) is 1. The predicted molar refractivity (Wildman–Crippen MR) is 97.6 cm³/mol. The summed E-state index contributed by atoms with van der Waals surface area (Å²) in [6.07, 6.45) is 0.935. The van der Waals surface area contributed by atoms with E-state index < -0.39 is 39.2 Å². The van der Waals surface area contributed by atoms with Crippen LogP contribution >= 0.6 is 0 Å². The number of para-hydroxylation sites is 1. The number of halogens is 2. The van der Waals surface area contributed by atoms with Crippen LogP contribution in [0, 0.1) is 24.5 Å². The SMILES string of the molecule is Cc1ccc(S(=O)(=O)N2CCC[C@@H](C(=O)Nc3c(F)cccc3F)C2)cc1. The normalized spacial score (nSPS) is 18.3. The molecule has 1 heterocycles. The summed E-state index contributed by atoms with van der Waals surface area (Å²) in [6.45, 7) is 2.13. The quantitative estimate of drug-likeness (QED) is 0.865. The lowest BCUT2D eigenvalue weighted by atomic mass is 9.98. The first kappa shape index (κ1) is 19.4. The number of piperidine rings is 1. The molecule has 3 rings (SSSR count). The van der Waals surface area contributed by atoms with E-state index in [1.807, 2.05) is 6.92 Å². The standard InChI is InChI=1S/C19H20F2N2O3S/c1-13-7-9-15(10-8-13)27(25,26)23-11-3-4-14(12-23)19(24)22-18-16(20)5-2-6-17(18)21/h2,5-10,14H,3-4,11-12H2,1H3,(H,22,24)/t14-/m1/s1. The number of aryl methyl sites for hydroxylation is 1. The minimum atomic E-state index is -3.73. The van der Waals surface area contributed by atoms with Crippen molar-refractivity contribution in [2.24, 2.45) is 5.92 Å². The average molecular weight is 394 g/mol. The minimum Gasteiger partial charge on any atom is -0.321 e. The first-order chi connectivity index (χ1) is 12.8. The highest BCUT2D eigenvalue weighted by Crippen LogP contribution is 2.26. The van der Waals surface area contributed by atoms with Gasteiger partial charge in [0.2, 0.25) is 15.9 Å². The lowest BCUT2D eigenvalue weighted by molar-refractivity contribution is -0.120. The molecule has 0 aromatic heterocycles. The van der Waals surface area contributed by atoms with Crippen molar-refractivity contribution in [3.63, 3.8) is 0 Å². The van der Waals surface area contributed by atoms with Gasteiger partial charge in [0, 0.05) is 13.1 Å². The zero-order valence-corrected chi connectivity index (χ0v) is 15.6. The lowest BCUT2D eigenvalue weighted by Gasteiger charge is -2.31. The molecule has 0 spiro atoms.